The first kappa shape index (κ1) is 81.4. The minimum Gasteiger partial charge on any atom is -0.748 e. The molecule has 1 unspecified atom stereocenters. The summed E-state index contributed by atoms with van der Waals surface area (Å²) in [4.78, 5) is 45.2. The number of carbonyl (C=O) groups excluding carboxylic acids is 1. The second-order valence-electron chi connectivity index (χ2n) is 29.0. The van der Waals surface area contributed by atoms with Gasteiger partial charge < -0.3 is 31.0 Å². The third kappa shape index (κ3) is 21.7. The Balaban J connectivity index is 1.19. The van der Waals surface area contributed by atoms with Crippen molar-refractivity contribution in [2.24, 2.45) is 30.0 Å². The predicted molar refractivity (Wildman–Crippen MR) is 407 cm³/mol. The van der Waals surface area contributed by atoms with Gasteiger partial charge in [-0.15, -0.1) is 0 Å². The lowest BCUT2D eigenvalue weighted by molar-refractivity contribution is -0.929. The molecule has 572 valence electrons. The van der Waals surface area contributed by atoms with Gasteiger partial charge in [-0.1, -0.05) is 97.1 Å². The van der Waals surface area contributed by atoms with E-state index in [4.69, 9.17) is 42.9 Å². The van der Waals surface area contributed by atoms with Crippen molar-refractivity contribution in [3.05, 3.63) is 130 Å². The van der Waals surface area contributed by atoms with Gasteiger partial charge in [0, 0.05) is 61.7 Å². The van der Waals surface area contributed by atoms with E-state index in [1.165, 1.54) is 6.92 Å². The van der Waals surface area contributed by atoms with E-state index in [0.717, 1.165) is 0 Å². The topological polar surface area (TPSA) is 406 Å². The maximum absolute atomic E-state index is 12.1. The number of benzene rings is 4. The lowest BCUT2D eigenvalue weighted by atomic mass is 10.1. The molecule has 0 radical (unpaired) electrons. The Bertz CT molecular complexity index is 4810. The minimum absolute atomic E-state index is 0.0525. The van der Waals surface area contributed by atoms with Crippen LogP contribution in [0.5, 0.6) is 0 Å². The largest absolute Gasteiger partial charge is 0.748 e. The number of aliphatic imine (C=N–C) groups is 4. The number of fused-ring (bicyclic) bond motifs is 14. The smallest absolute Gasteiger partial charge is 0.582 e. The first-order chi connectivity index (χ1) is 49.4. The third-order valence-electron chi connectivity index (χ3n) is 19.7. The number of aromatic nitrogens is 2. The molecule has 6 bridgehead atoms. The van der Waals surface area contributed by atoms with Crippen molar-refractivity contribution >= 4 is 138 Å². The Morgan fingerprint density at radius 2 is 0.733 bits per heavy atom. The van der Waals surface area contributed by atoms with E-state index >= 15 is 0 Å². The van der Waals surface area contributed by atoms with Crippen molar-refractivity contribution in [1.29, 1.82) is 0 Å². The number of Topliss-reactive ketones (excluding diaryl/α,β-unsaturated/α-hetero) is 1. The van der Waals surface area contributed by atoms with Crippen LogP contribution in [-0.2, 0) is 68.4 Å². The Morgan fingerprint density at radius 1 is 0.419 bits per heavy atom. The predicted octanol–water partition coefficient (Wildman–Crippen LogP) is 7.88. The molecule has 4 aliphatic heterocycles. The molecular weight excluding hydrogens is 1510 g/mol. The summed E-state index contributed by atoms with van der Waals surface area (Å²) in [6.45, 7) is 13.0. The Morgan fingerprint density at radius 3 is 1.08 bits per heavy atom. The highest BCUT2D eigenvalue weighted by atomic mass is 32.2. The molecule has 0 spiro atoms. The van der Waals surface area contributed by atoms with Crippen LogP contribution in [0.4, 0.5) is 11.6 Å². The van der Waals surface area contributed by atoms with E-state index in [-0.39, 0.29) is 66.5 Å². The fourth-order valence-electron chi connectivity index (χ4n) is 14.7. The van der Waals surface area contributed by atoms with Crippen LogP contribution < -0.4 is 11.0 Å². The molecule has 0 saturated heterocycles. The zero-order valence-corrected chi connectivity index (χ0v) is 66.9. The molecule has 2 aromatic heterocycles. The molecule has 105 heavy (non-hydrogen) atoms. The van der Waals surface area contributed by atoms with Gasteiger partial charge in [0.25, 0.3) is 30.4 Å². The average molecular weight is 1600 g/mol. The van der Waals surface area contributed by atoms with Gasteiger partial charge in [0.1, 0.15) is 34.9 Å². The van der Waals surface area contributed by atoms with Crippen LogP contribution >= 0.6 is 0 Å². The van der Waals surface area contributed by atoms with Gasteiger partial charge in [0.2, 0.25) is 0 Å². The molecule has 3 N–H and O–H groups in total. The normalized spacial score (nSPS) is 17.9. The van der Waals surface area contributed by atoms with Crippen molar-refractivity contribution in [2.45, 2.75) is 129 Å². The third-order valence-corrected chi connectivity index (χ3v) is 35.3. The van der Waals surface area contributed by atoms with Crippen LogP contribution in [-0.4, -0.2) is 231 Å². The van der Waals surface area contributed by atoms with E-state index in [0.29, 0.717) is 199 Å². The number of ketones is 1. The Kier molecular flexibility index (Phi) is 25.9. The first-order valence-corrected chi connectivity index (χ1v) is 51.4. The van der Waals surface area contributed by atoms with Crippen LogP contribution in [0, 0.1) is 0 Å². The van der Waals surface area contributed by atoms with Crippen molar-refractivity contribution in [3.63, 3.8) is 0 Å². The van der Waals surface area contributed by atoms with E-state index in [9.17, 15) is 69.6 Å². The molecule has 0 fully saturated rings. The van der Waals surface area contributed by atoms with Crippen LogP contribution in [0.3, 0.4) is 0 Å². The molecule has 4 aromatic carbocycles. The van der Waals surface area contributed by atoms with Crippen molar-refractivity contribution in [2.75, 3.05) is 94.3 Å². The number of rotatable bonds is 43. The van der Waals surface area contributed by atoms with E-state index in [1.807, 2.05) is 106 Å². The molecule has 29 nitrogen and oxygen atoms in total. The van der Waals surface area contributed by atoms with Gasteiger partial charge in [-0.3, -0.25) is 26.9 Å². The second kappa shape index (κ2) is 33.4. The van der Waals surface area contributed by atoms with Crippen LogP contribution in [0.1, 0.15) is 113 Å². The summed E-state index contributed by atoms with van der Waals surface area (Å²) >= 11 is 0. The molecule has 37 heteroatoms. The van der Waals surface area contributed by atoms with Crippen molar-refractivity contribution in [1.82, 2.24) is 8.47 Å². The molecule has 0 aliphatic carbocycles. The van der Waals surface area contributed by atoms with E-state index < -0.39 is 105 Å². The summed E-state index contributed by atoms with van der Waals surface area (Å²) in [5, 5.41) is 2.66. The van der Waals surface area contributed by atoms with E-state index in [1.54, 1.807) is 0 Å². The second-order valence-corrected chi connectivity index (χ2v) is 48.5. The number of hydrogen-bond donors (Lipinski definition) is 3. The quantitative estimate of drug-likeness (QED) is 0.0142. The molecule has 6 heterocycles. The standard InChI is InChI=1S/C68H94N10O19S5Si3/c1-52(79)34-43-95-44-42-78(38-17-22-48-101(89,90)91,39-18-23-49-102(92,93)94)41-25-51-104(4,5)97-105(96-103(2,3)50-24-40-77(35-14-19-45-98(80,81)82,36-15-20-46-99(83,84)85)37-16-21-47-100(86,87)88)75-65-57-30-10-11-31-58(57)67(75)73-63-55-28-8-9-29-56(55)64(70-63)74-68-60-33-13-12-32-59(60)66(76(68)105)72-62-54-27-7-6-26-53(54)61(69-62)71-65/h6-13,26-33H,14-25,34-51H2,1-5H3,(H3-2,80,81,82,83,84,85,86,87,88,89,90,91,92,93,94)/b71-61-,71-65?,72-62?,72-66-,73-63-,73-67?,74-64?,74-68-. The van der Waals surface area contributed by atoms with Gasteiger partial charge in [-0.2, -0.15) is 25.3 Å². The highest BCUT2D eigenvalue weighted by Crippen LogP contribution is 2.46. The number of carbonyl (C=O) groups is 1. The summed E-state index contributed by atoms with van der Waals surface area (Å²) in [6, 6.07) is 31.8. The molecule has 1 atom stereocenters. The van der Waals surface area contributed by atoms with Gasteiger partial charge in [0.05, 0.1) is 96.5 Å². The number of nitrogens with zero attached hydrogens (tertiary/aromatic N) is 10. The summed E-state index contributed by atoms with van der Waals surface area (Å²) < 4.78 is 202. The SMILES string of the molecule is CC(=O)CCOCC[N+](CCCCS(=O)(=O)[O-])(CCCCS(=O)(=O)[O-])CCC[Si](C)(C)O[Si]1(O[Si](C)(C)CCC[N+](CCCCS(=O)(=O)O)(CCCCS(=O)(=O)O)CCCCS(=O)(=O)O)n2c3c4ccccc4c2/N=C2N=C(/N=c4/c5ccccc5/c(n41)=N/C1=NC(=N\3)/c3ccccc31)c1ccccc1\2. The fraction of sp³-hybridized carbons (Fsp3) is 0.515. The maximum Gasteiger partial charge on any atom is 0.582 e. The summed E-state index contributed by atoms with van der Waals surface area (Å²) in [5.74, 6) is -0.594. The number of ether oxygens (including phenoxy) is 1. The number of amidine groups is 4. The maximum atomic E-state index is 12.1. The number of hydrogen-bond acceptors (Lipinski definition) is 22. The van der Waals surface area contributed by atoms with Crippen molar-refractivity contribution in [3.8, 4) is 0 Å². The van der Waals surface area contributed by atoms with Gasteiger partial charge in [-0.05, 0) is 122 Å². The number of quaternary nitrogens is 2. The molecule has 0 amide bonds. The zero-order chi connectivity index (χ0) is 75.9. The van der Waals surface area contributed by atoms with Crippen LogP contribution in [0.15, 0.2) is 127 Å². The number of unbranched alkanes of at least 4 members (excludes halogenated alkanes) is 5. The van der Waals surface area contributed by atoms with Crippen LogP contribution in [0.25, 0.3) is 21.5 Å². The van der Waals surface area contributed by atoms with Gasteiger partial charge in [0.15, 0.2) is 40.0 Å². The minimum atomic E-state index is -4.96. The average Bonchev–Trinajstić information content (AvgIpc) is 1.53. The molecule has 4 aliphatic rings. The monoisotopic (exact) mass is 1600 g/mol. The summed E-state index contributed by atoms with van der Waals surface area (Å²) in [5.41, 5.74) is 3.63. The van der Waals surface area contributed by atoms with Crippen LogP contribution in [0.2, 0.25) is 38.3 Å². The Hall–Kier alpha value is -6.09. The molecule has 0 saturated carbocycles. The highest BCUT2D eigenvalue weighted by Gasteiger charge is 2.58. The van der Waals surface area contributed by atoms with Crippen molar-refractivity contribution < 1.29 is 91.6 Å². The summed E-state index contributed by atoms with van der Waals surface area (Å²) in [6.07, 6.45) is 2.88. The molecular formula is C68H94N10O19S5Si3. The van der Waals surface area contributed by atoms with Gasteiger partial charge >= 0.3 is 8.88 Å². The zero-order valence-electron chi connectivity index (χ0n) is 59.8. The highest BCUT2D eigenvalue weighted by molar-refractivity contribution is 7.86. The molecule has 6 aromatic rings. The molecule has 10 rings (SSSR count). The first-order valence-electron chi connectivity index (χ1n) is 35.5. The summed E-state index contributed by atoms with van der Waals surface area (Å²) in [7, 11) is -34.1. The fourth-order valence-corrected chi connectivity index (χ4v) is 30.1. The lowest BCUT2D eigenvalue weighted by Gasteiger charge is -2.44. The van der Waals surface area contributed by atoms with Gasteiger partial charge in [-0.25, -0.2) is 46.8 Å². The van der Waals surface area contributed by atoms with E-state index in [2.05, 4.69) is 26.2 Å². The Labute approximate surface area is 617 Å². The lowest BCUT2D eigenvalue weighted by Crippen LogP contribution is -2.70.